The Labute approximate surface area is 186 Å². The van der Waals surface area contributed by atoms with Crippen LogP contribution in [0.5, 0.6) is 0 Å². The molecule has 2 aromatic carbocycles. The summed E-state index contributed by atoms with van der Waals surface area (Å²) in [4.78, 5) is 19.5. The van der Waals surface area contributed by atoms with Gasteiger partial charge >= 0.3 is 0 Å². The number of aromatic nitrogens is 2. The first-order valence-electron chi connectivity index (χ1n) is 10.7. The van der Waals surface area contributed by atoms with E-state index in [-0.39, 0.29) is 5.91 Å². The lowest BCUT2D eigenvalue weighted by Gasteiger charge is -2.34. The molecular weight excluding hydrogens is 404 g/mol. The number of hydrogen-bond acceptors (Lipinski definition) is 4. The SMILES string of the molecule is Cc1ccc(-n2nc(C)c3cc(C(=O)N4CCN(Cc5ccccc5)CC4)sc32)cc1. The van der Waals surface area contributed by atoms with Crippen LogP contribution in [0.4, 0.5) is 0 Å². The maximum atomic E-state index is 13.2. The van der Waals surface area contributed by atoms with Crippen molar-refractivity contribution in [1.29, 1.82) is 0 Å². The maximum Gasteiger partial charge on any atom is 0.264 e. The molecule has 0 aliphatic carbocycles. The van der Waals surface area contributed by atoms with Gasteiger partial charge in [0.25, 0.3) is 5.91 Å². The number of nitrogens with zero attached hydrogens (tertiary/aromatic N) is 4. The molecule has 6 heteroatoms. The second-order valence-corrected chi connectivity index (χ2v) is 9.25. The van der Waals surface area contributed by atoms with Crippen molar-refractivity contribution in [1.82, 2.24) is 19.6 Å². The Kier molecular flexibility index (Phi) is 5.34. The smallest absolute Gasteiger partial charge is 0.264 e. The van der Waals surface area contributed by atoms with Crippen LogP contribution >= 0.6 is 11.3 Å². The standard InChI is InChI=1S/C25H26N4OS/c1-18-8-10-21(11-9-18)29-25-22(19(2)26-29)16-23(31-25)24(30)28-14-12-27(13-15-28)17-20-6-4-3-5-7-20/h3-11,16H,12-15,17H2,1-2H3. The van der Waals surface area contributed by atoms with E-state index in [1.165, 1.54) is 11.1 Å². The van der Waals surface area contributed by atoms with E-state index < -0.39 is 0 Å². The number of amides is 1. The van der Waals surface area contributed by atoms with Crippen molar-refractivity contribution in [3.63, 3.8) is 0 Å². The molecule has 0 N–H and O–H groups in total. The van der Waals surface area contributed by atoms with E-state index in [9.17, 15) is 4.79 Å². The molecule has 1 amide bonds. The third-order valence-electron chi connectivity index (χ3n) is 5.94. The van der Waals surface area contributed by atoms with Gasteiger partial charge in [0.15, 0.2) is 0 Å². The molecule has 5 nitrogen and oxygen atoms in total. The zero-order valence-electron chi connectivity index (χ0n) is 17.9. The lowest BCUT2D eigenvalue weighted by atomic mass is 10.2. The second-order valence-electron chi connectivity index (χ2n) is 8.22. The molecule has 0 atom stereocenters. The minimum atomic E-state index is 0.135. The molecule has 1 aliphatic heterocycles. The highest BCUT2D eigenvalue weighted by atomic mass is 32.1. The normalized spacial score (nSPS) is 15.0. The largest absolute Gasteiger partial charge is 0.335 e. The number of aryl methyl sites for hydroxylation is 2. The number of carbonyl (C=O) groups is 1. The number of thiophene rings is 1. The summed E-state index contributed by atoms with van der Waals surface area (Å²) in [7, 11) is 0. The van der Waals surface area contributed by atoms with Crippen LogP contribution in [-0.2, 0) is 6.54 Å². The molecule has 158 valence electrons. The van der Waals surface area contributed by atoms with Crippen molar-refractivity contribution in [2.45, 2.75) is 20.4 Å². The van der Waals surface area contributed by atoms with E-state index in [4.69, 9.17) is 5.10 Å². The van der Waals surface area contributed by atoms with Gasteiger partial charge < -0.3 is 4.90 Å². The molecule has 0 radical (unpaired) electrons. The topological polar surface area (TPSA) is 41.4 Å². The lowest BCUT2D eigenvalue weighted by molar-refractivity contribution is 0.0633. The summed E-state index contributed by atoms with van der Waals surface area (Å²) in [5.41, 5.74) is 4.53. The van der Waals surface area contributed by atoms with Crippen LogP contribution in [0.15, 0.2) is 60.7 Å². The number of hydrogen-bond donors (Lipinski definition) is 0. The summed E-state index contributed by atoms with van der Waals surface area (Å²) in [6, 6.07) is 20.9. The Morgan fingerprint density at radius 2 is 1.68 bits per heavy atom. The molecule has 2 aromatic heterocycles. The molecular formula is C25H26N4OS. The van der Waals surface area contributed by atoms with Gasteiger partial charge in [-0.05, 0) is 37.6 Å². The van der Waals surface area contributed by atoms with Gasteiger partial charge in [0.1, 0.15) is 4.83 Å². The summed E-state index contributed by atoms with van der Waals surface area (Å²) >= 11 is 1.54. The number of rotatable bonds is 4. The molecule has 1 aliphatic rings. The van der Waals surface area contributed by atoms with Crippen LogP contribution in [0.25, 0.3) is 15.9 Å². The number of carbonyl (C=O) groups excluding carboxylic acids is 1. The van der Waals surface area contributed by atoms with Crippen LogP contribution in [-0.4, -0.2) is 51.7 Å². The van der Waals surface area contributed by atoms with Gasteiger partial charge in [-0.1, -0.05) is 48.0 Å². The van der Waals surface area contributed by atoms with Gasteiger partial charge in [0, 0.05) is 38.1 Å². The van der Waals surface area contributed by atoms with Gasteiger partial charge in [-0.15, -0.1) is 11.3 Å². The Morgan fingerprint density at radius 3 is 2.39 bits per heavy atom. The average molecular weight is 431 g/mol. The fourth-order valence-electron chi connectivity index (χ4n) is 4.12. The van der Waals surface area contributed by atoms with Crippen LogP contribution in [0.3, 0.4) is 0 Å². The predicted octanol–water partition coefficient (Wildman–Crippen LogP) is 4.66. The highest BCUT2D eigenvalue weighted by molar-refractivity contribution is 7.20. The Bertz CT molecular complexity index is 1200. The monoisotopic (exact) mass is 430 g/mol. The van der Waals surface area contributed by atoms with Crippen molar-refractivity contribution >= 4 is 27.5 Å². The molecule has 4 aromatic rings. The molecule has 0 saturated carbocycles. The van der Waals surface area contributed by atoms with Crippen molar-refractivity contribution < 1.29 is 4.79 Å². The van der Waals surface area contributed by atoms with E-state index in [1.54, 1.807) is 11.3 Å². The predicted molar refractivity (Wildman–Crippen MR) is 126 cm³/mol. The maximum absolute atomic E-state index is 13.2. The molecule has 5 rings (SSSR count). The Morgan fingerprint density at radius 1 is 0.968 bits per heavy atom. The number of piperazine rings is 1. The number of benzene rings is 2. The quantitative estimate of drug-likeness (QED) is 0.473. The van der Waals surface area contributed by atoms with Crippen molar-refractivity contribution in [3.05, 3.63) is 82.4 Å². The molecule has 31 heavy (non-hydrogen) atoms. The van der Waals surface area contributed by atoms with Gasteiger partial charge in [-0.25, -0.2) is 4.68 Å². The van der Waals surface area contributed by atoms with Crippen molar-refractivity contribution in [2.75, 3.05) is 26.2 Å². The highest BCUT2D eigenvalue weighted by Crippen LogP contribution is 2.31. The summed E-state index contributed by atoms with van der Waals surface area (Å²) in [6.07, 6.45) is 0. The summed E-state index contributed by atoms with van der Waals surface area (Å²) in [5.74, 6) is 0.135. The third-order valence-corrected chi connectivity index (χ3v) is 7.04. The molecule has 0 spiro atoms. The zero-order chi connectivity index (χ0) is 21.4. The van der Waals surface area contributed by atoms with E-state index in [1.807, 2.05) is 28.6 Å². The van der Waals surface area contributed by atoms with Crippen LogP contribution in [0.2, 0.25) is 0 Å². The van der Waals surface area contributed by atoms with E-state index >= 15 is 0 Å². The van der Waals surface area contributed by atoms with Crippen molar-refractivity contribution in [3.8, 4) is 5.69 Å². The Balaban J connectivity index is 1.31. The summed E-state index contributed by atoms with van der Waals surface area (Å²) < 4.78 is 1.96. The minimum Gasteiger partial charge on any atom is -0.335 e. The molecule has 3 heterocycles. The number of fused-ring (bicyclic) bond motifs is 1. The van der Waals surface area contributed by atoms with Crippen LogP contribution < -0.4 is 0 Å². The molecule has 1 fully saturated rings. The van der Waals surface area contributed by atoms with Crippen LogP contribution in [0.1, 0.15) is 26.5 Å². The zero-order valence-corrected chi connectivity index (χ0v) is 18.7. The van der Waals surface area contributed by atoms with Gasteiger partial charge in [-0.2, -0.15) is 5.10 Å². The van der Waals surface area contributed by atoms with Crippen LogP contribution in [0, 0.1) is 13.8 Å². The molecule has 0 bridgehead atoms. The lowest BCUT2D eigenvalue weighted by Crippen LogP contribution is -2.48. The third kappa shape index (κ3) is 4.01. The Hall–Kier alpha value is -2.96. The van der Waals surface area contributed by atoms with E-state index in [0.717, 1.165) is 59.2 Å². The fraction of sp³-hybridized carbons (Fsp3) is 0.280. The second kappa shape index (κ2) is 8.29. The highest BCUT2D eigenvalue weighted by Gasteiger charge is 2.25. The first-order chi connectivity index (χ1) is 15.1. The van der Waals surface area contributed by atoms with E-state index in [2.05, 4.69) is 60.4 Å². The van der Waals surface area contributed by atoms with E-state index in [0.29, 0.717) is 0 Å². The molecule has 0 unspecified atom stereocenters. The minimum absolute atomic E-state index is 0.135. The fourth-order valence-corrected chi connectivity index (χ4v) is 5.27. The summed E-state index contributed by atoms with van der Waals surface area (Å²) in [5, 5.41) is 5.77. The van der Waals surface area contributed by atoms with Gasteiger partial charge in [0.05, 0.1) is 16.3 Å². The van der Waals surface area contributed by atoms with Gasteiger partial charge in [0.2, 0.25) is 0 Å². The van der Waals surface area contributed by atoms with Crippen molar-refractivity contribution in [2.24, 2.45) is 0 Å². The summed E-state index contributed by atoms with van der Waals surface area (Å²) in [6.45, 7) is 8.37. The first-order valence-corrected chi connectivity index (χ1v) is 11.5. The average Bonchev–Trinajstić information content (AvgIpc) is 3.36. The van der Waals surface area contributed by atoms with Gasteiger partial charge in [-0.3, -0.25) is 9.69 Å². The first kappa shape index (κ1) is 20.0. The molecule has 1 saturated heterocycles.